The molecule has 2 unspecified atom stereocenters. The van der Waals surface area contributed by atoms with Gasteiger partial charge in [0.2, 0.25) is 6.79 Å². The van der Waals surface area contributed by atoms with Crippen LogP contribution in [0.2, 0.25) is 0 Å². The zero-order chi connectivity index (χ0) is 20.0. The first-order valence-electron chi connectivity index (χ1n) is 9.57. The van der Waals surface area contributed by atoms with Gasteiger partial charge in [0, 0.05) is 4.88 Å². The van der Waals surface area contributed by atoms with Crippen LogP contribution in [-0.2, 0) is 10.3 Å². The summed E-state index contributed by atoms with van der Waals surface area (Å²) in [6, 6.07) is 17.6. The van der Waals surface area contributed by atoms with Crippen LogP contribution in [-0.4, -0.2) is 18.4 Å². The number of ketones is 1. The van der Waals surface area contributed by atoms with E-state index in [2.05, 4.69) is 5.38 Å². The normalized spacial score (nSPS) is 22.7. The average molecular weight is 404 g/mol. The van der Waals surface area contributed by atoms with Gasteiger partial charge in [0.1, 0.15) is 5.84 Å². The van der Waals surface area contributed by atoms with Crippen molar-refractivity contribution in [3.8, 4) is 22.6 Å². The van der Waals surface area contributed by atoms with Crippen LogP contribution in [0.3, 0.4) is 0 Å². The van der Waals surface area contributed by atoms with Gasteiger partial charge < -0.3 is 15.2 Å². The predicted molar refractivity (Wildman–Crippen MR) is 114 cm³/mol. The third-order valence-corrected chi connectivity index (χ3v) is 6.63. The number of carbonyl (C=O) groups is 1. The lowest BCUT2D eigenvalue weighted by molar-refractivity contribution is -0.123. The maximum atomic E-state index is 13.5. The first-order chi connectivity index (χ1) is 14.1. The number of aliphatic imine (C=N–C) groups is 1. The minimum atomic E-state index is -1.08. The second-order valence-corrected chi connectivity index (χ2v) is 8.12. The van der Waals surface area contributed by atoms with Crippen molar-refractivity contribution in [3.63, 3.8) is 0 Å². The maximum Gasteiger partial charge on any atom is 0.231 e. The van der Waals surface area contributed by atoms with E-state index < -0.39 is 5.54 Å². The first kappa shape index (κ1) is 17.9. The second kappa shape index (κ2) is 6.74. The van der Waals surface area contributed by atoms with Gasteiger partial charge >= 0.3 is 0 Å². The van der Waals surface area contributed by atoms with Crippen LogP contribution in [0.5, 0.6) is 11.5 Å². The van der Waals surface area contributed by atoms with Crippen molar-refractivity contribution in [1.29, 1.82) is 0 Å². The maximum absolute atomic E-state index is 13.5. The fourth-order valence-electron chi connectivity index (χ4n) is 4.07. The molecule has 0 saturated heterocycles. The minimum absolute atomic E-state index is 0.0442. The second-order valence-electron chi connectivity index (χ2n) is 7.21. The zero-order valence-corrected chi connectivity index (χ0v) is 16.7. The van der Waals surface area contributed by atoms with E-state index in [1.54, 1.807) is 0 Å². The van der Waals surface area contributed by atoms with Gasteiger partial charge in [-0.05, 0) is 46.7 Å². The molecule has 2 aromatic carbocycles. The zero-order valence-electron chi connectivity index (χ0n) is 15.9. The molecule has 2 N–H and O–H groups in total. The number of amidine groups is 1. The lowest BCUT2D eigenvalue weighted by atomic mass is 9.81. The van der Waals surface area contributed by atoms with E-state index >= 15 is 0 Å². The summed E-state index contributed by atoms with van der Waals surface area (Å²) in [4.78, 5) is 19.2. The Morgan fingerprint density at radius 3 is 2.66 bits per heavy atom. The van der Waals surface area contributed by atoms with Gasteiger partial charge in [-0.15, -0.1) is 11.3 Å². The summed E-state index contributed by atoms with van der Waals surface area (Å²) in [5.41, 5.74) is 8.01. The Morgan fingerprint density at radius 1 is 1.10 bits per heavy atom. The lowest BCUT2D eigenvalue weighted by Gasteiger charge is -2.25. The molecular formula is C23H20N2O3S. The first-order valence-corrected chi connectivity index (χ1v) is 10.5. The Balaban J connectivity index is 1.63. The van der Waals surface area contributed by atoms with Gasteiger partial charge in [-0.25, -0.2) is 4.99 Å². The van der Waals surface area contributed by atoms with Crippen molar-refractivity contribution in [1.82, 2.24) is 0 Å². The van der Waals surface area contributed by atoms with Crippen LogP contribution in [0.4, 0.5) is 0 Å². The molecule has 0 aliphatic carbocycles. The van der Waals surface area contributed by atoms with Crippen molar-refractivity contribution < 1.29 is 14.3 Å². The smallest absolute Gasteiger partial charge is 0.231 e. The molecule has 0 bridgehead atoms. The van der Waals surface area contributed by atoms with Crippen molar-refractivity contribution >= 4 is 23.0 Å². The number of nitrogens with zero attached hydrogens (tertiary/aromatic N) is 1. The Kier molecular flexibility index (Phi) is 4.17. The number of hydrogen-bond acceptors (Lipinski definition) is 6. The summed E-state index contributed by atoms with van der Waals surface area (Å²) in [7, 11) is 0. The molecule has 3 heterocycles. The summed E-state index contributed by atoms with van der Waals surface area (Å²) in [6.45, 7) is 2.21. The van der Waals surface area contributed by atoms with Crippen molar-refractivity contribution in [2.45, 2.75) is 18.9 Å². The summed E-state index contributed by atoms with van der Waals surface area (Å²) in [5, 5.41) is 2.05. The molecule has 6 heteroatoms. The van der Waals surface area contributed by atoms with Crippen LogP contribution in [0, 0.1) is 5.92 Å². The quantitative estimate of drug-likeness (QED) is 0.701. The Hall–Kier alpha value is -3.12. The van der Waals surface area contributed by atoms with Crippen LogP contribution in [0.25, 0.3) is 11.1 Å². The molecule has 0 fully saturated rings. The van der Waals surface area contributed by atoms with Gasteiger partial charge in [-0.1, -0.05) is 43.3 Å². The summed E-state index contributed by atoms with van der Waals surface area (Å²) in [5.74, 6) is 1.59. The summed E-state index contributed by atoms with van der Waals surface area (Å²) >= 11 is 1.53. The van der Waals surface area contributed by atoms with E-state index in [1.165, 1.54) is 11.3 Å². The van der Waals surface area contributed by atoms with E-state index in [4.69, 9.17) is 20.2 Å². The van der Waals surface area contributed by atoms with E-state index in [9.17, 15) is 4.79 Å². The minimum Gasteiger partial charge on any atom is -0.454 e. The van der Waals surface area contributed by atoms with Crippen molar-refractivity contribution in [3.05, 3.63) is 70.4 Å². The highest BCUT2D eigenvalue weighted by atomic mass is 32.1. The largest absolute Gasteiger partial charge is 0.454 e. The van der Waals surface area contributed by atoms with E-state index in [-0.39, 0.29) is 18.5 Å². The highest BCUT2D eigenvalue weighted by Gasteiger charge is 2.51. The molecule has 2 aliphatic heterocycles. The SMILES string of the molecule is CCC1C(=O)C(c2ccccc2)(c2cc(-c3ccc4c(c3)OCO4)cs2)N=C1N. The summed E-state index contributed by atoms with van der Waals surface area (Å²) < 4.78 is 10.9. The molecule has 3 aromatic rings. The molecule has 2 atom stereocenters. The molecule has 5 nitrogen and oxygen atoms in total. The van der Waals surface area contributed by atoms with Crippen molar-refractivity contribution in [2.75, 3.05) is 6.79 Å². The number of ether oxygens (including phenoxy) is 2. The standard InChI is InChI=1S/C23H20N2O3S/c1-2-17-21(26)23(25-22(17)24,16-6-4-3-5-7-16)20-11-15(12-29-20)14-8-9-18-19(10-14)28-13-27-18/h3-12,17H,2,13H2,1H3,(H2,24,25). The van der Waals surface area contributed by atoms with E-state index in [0.29, 0.717) is 12.3 Å². The summed E-state index contributed by atoms with van der Waals surface area (Å²) in [6.07, 6.45) is 0.642. The van der Waals surface area contributed by atoms with Gasteiger partial charge in [0.15, 0.2) is 22.8 Å². The predicted octanol–water partition coefficient (Wildman–Crippen LogP) is 4.35. The fourth-order valence-corrected chi connectivity index (χ4v) is 5.15. The van der Waals surface area contributed by atoms with Gasteiger partial charge in [0.05, 0.1) is 5.92 Å². The molecule has 0 amide bonds. The molecule has 2 aliphatic rings. The fraction of sp³-hybridized carbons (Fsp3) is 0.217. The number of nitrogens with two attached hydrogens (primary N) is 1. The third-order valence-electron chi connectivity index (χ3n) is 5.59. The number of fused-ring (bicyclic) bond motifs is 1. The average Bonchev–Trinajstić information content (AvgIpc) is 3.46. The van der Waals surface area contributed by atoms with Gasteiger partial charge in [-0.2, -0.15) is 0 Å². The highest BCUT2D eigenvalue weighted by Crippen LogP contribution is 2.46. The van der Waals surface area contributed by atoms with E-state index in [1.807, 2.05) is 61.5 Å². The van der Waals surface area contributed by atoms with Crippen LogP contribution in [0.1, 0.15) is 23.8 Å². The van der Waals surface area contributed by atoms with Gasteiger partial charge in [0.25, 0.3) is 0 Å². The number of rotatable bonds is 4. The number of thiophene rings is 1. The molecule has 1 aromatic heterocycles. The Bertz CT molecular complexity index is 1120. The van der Waals surface area contributed by atoms with Crippen molar-refractivity contribution in [2.24, 2.45) is 16.6 Å². The number of hydrogen-bond donors (Lipinski definition) is 1. The molecule has 0 spiro atoms. The molecule has 0 radical (unpaired) electrons. The molecule has 146 valence electrons. The lowest BCUT2D eigenvalue weighted by Crippen LogP contribution is -2.35. The topological polar surface area (TPSA) is 73.9 Å². The molecular weight excluding hydrogens is 384 g/mol. The van der Waals surface area contributed by atoms with Crippen LogP contribution in [0.15, 0.2) is 65.0 Å². The monoisotopic (exact) mass is 404 g/mol. The van der Waals surface area contributed by atoms with Gasteiger partial charge in [-0.3, -0.25) is 4.79 Å². The number of benzene rings is 2. The molecule has 29 heavy (non-hydrogen) atoms. The Morgan fingerprint density at radius 2 is 1.90 bits per heavy atom. The number of carbonyl (C=O) groups excluding carboxylic acids is 1. The van der Waals surface area contributed by atoms with Crippen LogP contribution >= 0.6 is 11.3 Å². The molecule has 5 rings (SSSR count). The van der Waals surface area contributed by atoms with E-state index in [0.717, 1.165) is 33.1 Å². The molecule has 0 saturated carbocycles. The Labute approximate surface area is 172 Å². The highest BCUT2D eigenvalue weighted by molar-refractivity contribution is 7.10. The third kappa shape index (κ3) is 2.67. The van der Waals surface area contributed by atoms with Crippen LogP contribution < -0.4 is 15.2 Å². The number of Topliss-reactive ketones (excluding diaryl/α,β-unsaturated/α-hetero) is 1.